The Bertz CT molecular complexity index is 833. The van der Waals surface area contributed by atoms with Crippen LogP contribution >= 0.6 is 11.6 Å². The van der Waals surface area contributed by atoms with E-state index < -0.39 is 15.4 Å². The first kappa shape index (κ1) is 19.6. The van der Waals surface area contributed by atoms with Crippen LogP contribution in [0.25, 0.3) is 0 Å². The summed E-state index contributed by atoms with van der Waals surface area (Å²) in [5.41, 5.74) is 0.598. The van der Waals surface area contributed by atoms with Crippen LogP contribution in [0.15, 0.2) is 47.4 Å². The second-order valence-corrected chi connectivity index (χ2v) is 8.44. The molecule has 0 amide bonds. The van der Waals surface area contributed by atoms with Gasteiger partial charge in [-0.05, 0) is 29.8 Å². The van der Waals surface area contributed by atoms with E-state index in [0.717, 1.165) is 5.56 Å². The molecule has 0 saturated carbocycles. The zero-order valence-electron chi connectivity index (χ0n) is 14.7. The van der Waals surface area contributed by atoms with Crippen LogP contribution in [-0.4, -0.2) is 29.2 Å². The smallest absolute Gasteiger partial charge is 0.240 e. The van der Waals surface area contributed by atoms with Crippen molar-refractivity contribution in [2.75, 3.05) is 20.8 Å². The summed E-state index contributed by atoms with van der Waals surface area (Å²) in [5, 5.41) is 0.644. The summed E-state index contributed by atoms with van der Waals surface area (Å²) in [6.07, 6.45) is 0. The largest absolute Gasteiger partial charge is 0.493 e. The Morgan fingerprint density at radius 3 is 2.16 bits per heavy atom. The standard InChI is InChI=1S/C18H22ClNO4S/c1-18(2,13-5-7-14(19)8-6-13)12-20-25(21,22)15-9-10-16(23-3)17(11-15)24-4/h5-11,20H,12H2,1-4H3. The molecule has 0 radical (unpaired) electrons. The van der Waals surface area contributed by atoms with E-state index in [1.165, 1.54) is 26.4 Å². The minimum absolute atomic E-state index is 0.122. The second-order valence-electron chi connectivity index (χ2n) is 6.23. The molecule has 0 unspecified atom stereocenters. The first-order chi connectivity index (χ1) is 11.7. The van der Waals surface area contributed by atoms with Crippen molar-refractivity contribution in [1.29, 1.82) is 0 Å². The minimum atomic E-state index is -3.68. The molecule has 2 rings (SSSR count). The Labute approximate surface area is 154 Å². The number of hydrogen-bond donors (Lipinski definition) is 1. The molecule has 0 heterocycles. The molecule has 0 aliphatic carbocycles. The van der Waals surface area contributed by atoms with Crippen LogP contribution in [0.2, 0.25) is 5.02 Å². The SMILES string of the molecule is COc1ccc(S(=O)(=O)NCC(C)(C)c2ccc(Cl)cc2)cc1OC. The van der Waals surface area contributed by atoms with Gasteiger partial charge in [0, 0.05) is 23.0 Å². The Morgan fingerprint density at radius 1 is 1.00 bits per heavy atom. The zero-order valence-corrected chi connectivity index (χ0v) is 16.2. The van der Waals surface area contributed by atoms with Gasteiger partial charge in [0.15, 0.2) is 11.5 Å². The third-order valence-corrected chi connectivity index (χ3v) is 5.65. The lowest BCUT2D eigenvalue weighted by Gasteiger charge is -2.25. The summed E-state index contributed by atoms with van der Waals surface area (Å²) in [6.45, 7) is 4.17. The molecule has 0 atom stereocenters. The summed E-state index contributed by atoms with van der Waals surface area (Å²) < 4.78 is 38.2. The molecule has 0 bridgehead atoms. The third kappa shape index (κ3) is 4.66. The first-order valence-corrected chi connectivity index (χ1v) is 9.53. The molecule has 0 spiro atoms. The highest BCUT2D eigenvalue weighted by molar-refractivity contribution is 7.89. The van der Waals surface area contributed by atoms with Gasteiger partial charge in [0.1, 0.15) is 0 Å². The highest BCUT2D eigenvalue weighted by atomic mass is 35.5. The molecule has 0 saturated heterocycles. The van der Waals surface area contributed by atoms with Crippen molar-refractivity contribution >= 4 is 21.6 Å². The molecule has 0 fully saturated rings. The molecule has 2 aromatic carbocycles. The number of benzene rings is 2. The lowest BCUT2D eigenvalue weighted by atomic mass is 9.85. The number of hydrogen-bond acceptors (Lipinski definition) is 4. The molecule has 1 N–H and O–H groups in total. The first-order valence-electron chi connectivity index (χ1n) is 7.67. The second kappa shape index (κ2) is 7.64. The van der Waals surface area contributed by atoms with Crippen LogP contribution in [0.5, 0.6) is 11.5 Å². The summed E-state index contributed by atoms with van der Waals surface area (Å²) in [4.78, 5) is 0.122. The molecule has 0 aliphatic heterocycles. The Balaban J connectivity index is 2.19. The summed E-state index contributed by atoms with van der Waals surface area (Å²) in [5.74, 6) is 0.838. The Morgan fingerprint density at radius 2 is 1.60 bits per heavy atom. The van der Waals surface area contributed by atoms with E-state index in [1.54, 1.807) is 18.2 Å². The van der Waals surface area contributed by atoms with E-state index in [0.29, 0.717) is 16.5 Å². The molecule has 7 heteroatoms. The number of nitrogens with one attached hydrogen (secondary N) is 1. The Kier molecular flexibility index (Phi) is 5.98. The number of methoxy groups -OCH3 is 2. The third-order valence-electron chi connectivity index (χ3n) is 4.00. The fraction of sp³-hybridized carbons (Fsp3) is 0.333. The van der Waals surface area contributed by atoms with Crippen molar-refractivity contribution in [2.45, 2.75) is 24.2 Å². The zero-order chi connectivity index (χ0) is 18.7. The number of sulfonamides is 1. The van der Waals surface area contributed by atoms with Gasteiger partial charge < -0.3 is 9.47 Å². The highest BCUT2D eigenvalue weighted by Crippen LogP contribution is 2.30. The van der Waals surface area contributed by atoms with Gasteiger partial charge in [-0.2, -0.15) is 0 Å². The van der Waals surface area contributed by atoms with Crippen molar-refractivity contribution in [2.24, 2.45) is 0 Å². The number of halogens is 1. The lowest BCUT2D eigenvalue weighted by molar-refractivity contribution is 0.354. The molecule has 0 aliphatic rings. The Hall–Kier alpha value is -1.76. The van der Waals surface area contributed by atoms with E-state index in [9.17, 15) is 8.42 Å². The summed E-state index contributed by atoms with van der Waals surface area (Å²) >= 11 is 5.91. The number of rotatable bonds is 7. The molecule has 5 nitrogen and oxygen atoms in total. The number of ether oxygens (including phenoxy) is 2. The van der Waals surface area contributed by atoms with Crippen LogP contribution in [0.1, 0.15) is 19.4 Å². The van der Waals surface area contributed by atoms with E-state index in [1.807, 2.05) is 26.0 Å². The van der Waals surface area contributed by atoms with Gasteiger partial charge in [-0.1, -0.05) is 37.6 Å². The van der Waals surface area contributed by atoms with E-state index in [4.69, 9.17) is 21.1 Å². The minimum Gasteiger partial charge on any atom is -0.493 e. The maximum atomic E-state index is 12.6. The van der Waals surface area contributed by atoms with Gasteiger partial charge in [0.25, 0.3) is 0 Å². The van der Waals surface area contributed by atoms with Gasteiger partial charge in [0.2, 0.25) is 10.0 Å². The summed E-state index contributed by atoms with van der Waals surface area (Å²) in [7, 11) is -0.716. The van der Waals surface area contributed by atoms with E-state index >= 15 is 0 Å². The molecular weight excluding hydrogens is 362 g/mol. The quantitative estimate of drug-likeness (QED) is 0.793. The monoisotopic (exact) mass is 383 g/mol. The van der Waals surface area contributed by atoms with Gasteiger partial charge in [-0.25, -0.2) is 13.1 Å². The molecule has 136 valence electrons. The van der Waals surface area contributed by atoms with Crippen LogP contribution in [0.4, 0.5) is 0 Å². The maximum Gasteiger partial charge on any atom is 0.240 e. The van der Waals surface area contributed by atoms with Crippen LogP contribution in [-0.2, 0) is 15.4 Å². The van der Waals surface area contributed by atoms with Crippen LogP contribution in [0, 0.1) is 0 Å². The molecule has 25 heavy (non-hydrogen) atoms. The van der Waals surface area contributed by atoms with E-state index in [2.05, 4.69) is 4.72 Å². The molecule has 2 aromatic rings. The van der Waals surface area contributed by atoms with Gasteiger partial charge >= 0.3 is 0 Å². The van der Waals surface area contributed by atoms with Crippen LogP contribution < -0.4 is 14.2 Å². The van der Waals surface area contributed by atoms with Crippen molar-refractivity contribution in [3.05, 3.63) is 53.1 Å². The normalized spacial score (nSPS) is 12.0. The van der Waals surface area contributed by atoms with Crippen molar-refractivity contribution in [3.63, 3.8) is 0 Å². The lowest BCUT2D eigenvalue weighted by Crippen LogP contribution is -2.36. The van der Waals surface area contributed by atoms with Gasteiger partial charge in [0.05, 0.1) is 19.1 Å². The average Bonchev–Trinajstić information content (AvgIpc) is 2.60. The van der Waals surface area contributed by atoms with Crippen LogP contribution in [0.3, 0.4) is 0 Å². The fourth-order valence-electron chi connectivity index (χ4n) is 2.35. The van der Waals surface area contributed by atoms with Gasteiger partial charge in [-0.3, -0.25) is 0 Å². The highest BCUT2D eigenvalue weighted by Gasteiger charge is 2.25. The van der Waals surface area contributed by atoms with E-state index in [-0.39, 0.29) is 11.4 Å². The predicted molar refractivity (Wildman–Crippen MR) is 99.2 cm³/mol. The van der Waals surface area contributed by atoms with Crippen molar-refractivity contribution in [3.8, 4) is 11.5 Å². The molecule has 0 aromatic heterocycles. The predicted octanol–water partition coefficient (Wildman–Crippen LogP) is 3.61. The summed E-state index contributed by atoms with van der Waals surface area (Å²) in [6, 6.07) is 11.9. The van der Waals surface area contributed by atoms with Gasteiger partial charge in [-0.15, -0.1) is 0 Å². The topological polar surface area (TPSA) is 64.6 Å². The van der Waals surface area contributed by atoms with Crippen molar-refractivity contribution < 1.29 is 17.9 Å². The fourth-order valence-corrected chi connectivity index (χ4v) is 3.70. The average molecular weight is 384 g/mol. The maximum absolute atomic E-state index is 12.6. The molecular formula is C18H22ClNO4S. The van der Waals surface area contributed by atoms with Crippen molar-refractivity contribution in [1.82, 2.24) is 4.72 Å².